The summed E-state index contributed by atoms with van der Waals surface area (Å²) in [5, 5.41) is 6.52. The highest BCUT2D eigenvalue weighted by Gasteiger charge is 2.28. The molecule has 3 aromatic rings. The zero-order valence-corrected chi connectivity index (χ0v) is 21.6. The highest BCUT2D eigenvalue weighted by atomic mass is 35.5. The van der Waals surface area contributed by atoms with E-state index in [1.807, 2.05) is 11.8 Å². The first kappa shape index (κ1) is 26.0. The summed E-state index contributed by atoms with van der Waals surface area (Å²) in [6.07, 6.45) is 0. The molecular weight excluding hydrogens is 526 g/mol. The minimum atomic E-state index is -0.508. The molecule has 1 fully saturated rings. The summed E-state index contributed by atoms with van der Waals surface area (Å²) in [5.41, 5.74) is 0.743. The molecule has 12 heteroatoms. The van der Waals surface area contributed by atoms with E-state index in [1.54, 1.807) is 47.4 Å². The summed E-state index contributed by atoms with van der Waals surface area (Å²) in [7, 11) is 0. The number of hydrogen-bond acceptors (Lipinski definition) is 6. The number of urea groups is 1. The number of para-hydroxylation sites is 1. The topological polar surface area (TPSA) is 90.5 Å². The van der Waals surface area contributed by atoms with Gasteiger partial charge in [0, 0.05) is 42.5 Å². The van der Waals surface area contributed by atoms with Crippen LogP contribution in [-0.2, 0) is 4.79 Å². The van der Waals surface area contributed by atoms with Crippen molar-refractivity contribution < 1.29 is 14.0 Å². The lowest BCUT2D eigenvalue weighted by Crippen LogP contribution is -2.55. The van der Waals surface area contributed by atoms with Gasteiger partial charge in [-0.15, -0.1) is 0 Å². The van der Waals surface area contributed by atoms with Crippen LogP contribution in [0.25, 0.3) is 0 Å². The van der Waals surface area contributed by atoms with Gasteiger partial charge in [0.15, 0.2) is 5.16 Å². The Bertz CT molecular complexity index is 1270. The van der Waals surface area contributed by atoms with Crippen LogP contribution in [-0.4, -0.2) is 58.2 Å². The molecule has 1 aliphatic rings. The van der Waals surface area contributed by atoms with Crippen LogP contribution in [0.4, 0.5) is 26.4 Å². The molecule has 1 aliphatic heterocycles. The van der Waals surface area contributed by atoms with E-state index in [-0.39, 0.29) is 34.6 Å². The number of anilines is 3. The Balaban J connectivity index is 1.35. The number of piperazine rings is 1. The fourth-order valence-electron chi connectivity index (χ4n) is 3.72. The van der Waals surface area contributed by atoms with Crippen LogP contribution in [0, 0.1) is 5.82 Å². The molecule has 1 aromatic heterocycles. The van der Waals surface area contributed by atoms with Crippen molar-refractivity contribution in [2.75, 3.05) is 40.9 Å². The molecule has 8 nitrogen and oxygen atoms in total. The summed E-state index contributed by atoms with van der Waals surface area (Å²) >= 11 is 13.3. The maximum atomic E-state index is 13.8. The molecule has 2 N–H and O–H groups in total. The van der Waals surface area contributed by atoms with Gasteiger partial charge in [-0.25, -0.2) is 19.2 Å². The quantitative estimate of drug-likeness (QED) is 0.243. The lowest BCUT2D eigenvalue weighted by atomic mass is 10.2. The molecule has 188 valence electrons. The third-order valence-electron chi connectivity index (χ3n) is 5.43. The molecule has 0 aliphatic carbocycles. The lowest BCUT2D eigenvalue weighted by Gasteiger charge is -2.40. The van der Waals surface area contributed by atoms with Gasteiger partial charge in [-0.05, 0) is 37.3 Å². The Hall–Kier alpha value is -3.08. The van der Waals surface area contributed by atoms with Gasteiger partial charge in [0.05, 0.1) is 11.4 Å². The Morgan fingerprint density at radius 2 is 1.89 bits per heavy atom. The number of nitrogens with one attached hydrogen (secondary N) is 2. The van der Waals surface area contributed by atoms with Crippen LogP contribution < -0.4 is 15.5 Å². The minimum Gasteiger partial charge on any atom is -0.353 e. The third kappa shape index (κ3) is 6.77. The summed E-state index contributed by atoms with van der Waals surface area (Å²) in [4.78, 5) is 37.5. The van der Waals surface area contributed by atoms with Crippen molar-refractivity contribution in [3.8, 4) is 0 Å². The number of halogens is 3. The molecule has 1 saturated heterocycles. The van der Waals surface area contributed by atoms with Crippen molar-refractivity contribution in [3.63, 3.8) is 0 Å². The molecule has 2 aromatic carbocycles. The predicted octanol–water partition coefficient (Wildman–Crippen LogP) is 5.40. The number of thioether (sulfide) groups is 1. The second kappa shape index (κ2) is 11.8. The number of rotatable bonds is 6. The number of nitrogens with zero attached hydrogens (tertiary/aromatic N) is 4. The number of carbonyl (C=O) groups excluding carboxylic acids is 2. The first-order valence-corrected chi connectivity index (χ1v) is 12.8. The van der Waals surface area contributed by atoms with E-state index in [0.29, 0.717) is 41.3 Å². The van der Waals surface area contributed by atoms with Crippen molar-refractivity contribution >= 4 is 64.1 Å². The second-order valence-electron chi connectivity index (χ2n) is 8.08. The highest BCUT2D eigenvalue weighted by molar-refractivity contribution is 7.99. The van der Waals surface area contributed by atoms with E-state index < -0.39 is 5.82 Å². The highest BCUT2D eigenvalue weighted by Crippen LogP contribution is 2.25. The van der Waals surface area contributed by atoms with Gasteiger partial charge in [0.25, 0.3) is 0 Å². The Morgan fingerprint density at radius 1 is 1.08 bits per heavy atom. The van der Waals surface area contributed by atoms with E-state index in [2.05, 4.69) is 20.6 Å². The molecule has 4 rings (SSSR count). The molecule has 0 radical (unpaired) electrons. The average molecular weight is 549 g/mol. The van der Waals surface area contributed by atoms with E-state index in [1.165, 1.54) is 12.1 Å². The van der Waals surface area contributed by atoms with Crippen molar-refractivity contribution in [2.45, 2.75) is 18.1 Å². The summed E-state index contributed by atoms with van der Waals surface area (Å²) in [6, 6.07) is 14.3. The number of hydrogen-bond donors (Lipinski definition) is 2. The van der Waals surface area contributed by atoms with Gasteiger partial charge in [-0.1, -0.05) is 53.2 Å². The molecular formula is C24H23Cl2FN6O2S. The van der Waals surface area contributed by atoms with Crippen LogP contribution in [0.15, 0.2) is 59.8 Å². The smallest absolute Gasteiger partial charge is 0.322 e. The average Bonchev–Trinajstić information content (AvgIpc) is 2.84. The van der Waals surface area contributed by atoms with Crippen LogP contribution in [0.1, 0.15) is 6.92 Å². The van der Waals surface area contributed by atoms with Crippen molar-refractivity contribution in [1.82, 2.24) is 14.9 Å². The lowest BCUT2D eigenvalue weighted by molar-refractivity contribution is -0.113. The molecule has 3 amide bonds. The molecule has 0 saturated carbocycles. The van der Waals surface area contributed by atoms with E-state index in [4.69, 9.17) is 23.2 Å². The molecule has 0 bridgehead atoms. The maximum absolute atomic E-state index is 13.8. The van der Waals surface area contributed by atoms with Crippen molar-refractivity contribution in [1.29, 1.82) is 0 Å². The van der Waals surface area contributed by atoms with Crippen molar-refractivity contribution in [3.05, 3.63) is 70.6 Å². The van der Waals surface area contributed by atoms with Gasteiger partial charge in [-0.2, -0.15) is 0 Å². The van der Waals surface area contributed by atoms with Gasteiger partial charge < -0.3 is 20.4 Å². The molecule has 2 heterocycles. The minimum absolute atomic E-state index is 0.0119. The van der Waals surface area contributed by atoms with E-state index >= 15 is 0 Å². The summed E-state index contributed by atoms with van der Waals surface area (Å²) in [6.45, 7) is 3.50. The largest absolute Gasteiger partial charge is 0.353 e. The zero-order chi connectivity index (χ0) is 25.7. The monoisotopic (exact) mass is 548 g/mol. The number of amides is 3. The predicted molar refractivity (Wildman–Crippen MR) is 142 cm³/mol. The Kier molecular flexibility index (Phi) is 8.50. The Labute approximate surface area is 222 Å². The van der Waals surface area contributed by atoms with Crippen LogP contribution in [0.2, 0.25) is 10.2 Å². The summed E-state index contributed by atoms with van der Waals surface area (Å²) in [5.74, 6) is -0.300. The van der Waals surface area contributed by atoms with E-state index in [9.17, 15) is 14.0 Å². The van der Waals surface area contributed by atoms with Crippen LogP contribution in [0.5, 0.6) is 0 Å². The molecule has 0 unspecified atom stereocenters. The number of carbonyl (C=O) groups is 2. The van der Waals surface area contributed by atoms with Gasteiger partial charge in [0.1, 0.15) is 16.8 Å². The maximum Gasteiger partial charge on any atom is 0.322 e. The molecule has 0 spiro atoms. The SMILES string of the molecule is C[C@H]1CN(c2cc(Cl)nc(SCC(=O)Nc3ccccc3F)n2)CCN1C(=O)Nc1cccc(Cl)c1. The number of benzene rings is 2. The standard InChI is InChI=1S/C24H23Cl2FN6O2S/c1-15-13-32(9-10-33(15)24(35)28-17-6-4-5-16(25)11-17)21-12-20(26)30-23(31-21)36-14-22(34)29-19-8-3-2-7-18(19)27/h2-8,11-12,15H,9-10,13-14H2,1H3,(H,28,35)(H,29,34)/t15-/m0/s1. The van der Waals surface area contributed by atoms with Crippen LogP contribution >= 0.6 is 35.0 Å². The van der Waals surface area contributed by atoms with Gasteiger partial charge >= 0.3 is 6.03 Å². The first-order valence-electron chi connectivity index (χ1n) is 11.1. The Morgan fingerprint density at radius 3 is 2.64 bits per heavy atom. The summed E-state index contributed by atoms with van der Waals surface area (Å²) < 4.78 is 13.8. The fraction of sp³-hybridized carbons (Fsp3) is 0.250. The third-order valence-corrected chi connectivity index (χ3v) is 6.71. The van der Waals surface area contributed by atoms with E-state index in [0.717, 1.165) is 11.8 Å². The first-order chi connectivity index (χ1) is 17.3. The van der Waals surface area contributed by atoms with Crippen LogP contribution in [0.3, 0.4) is 0 Å². The molecule has 36 heavy (non-hydrogen) atoms. The number of aromatic nitrogens is 2. The van der Waals surface area contributed by atoms with Gasteiger partial charge in [0.2, 0.25) is 5.91 Å². The molecule has 1 atom stereocenters. The van der Waals surface area contributed by atoms with Crippen molar-refractivity contribution in [2.24, 2.45) is 0 Å². The second-order valence-corrected chi connectivity index (χ2v) is 9.84. The zero-order valence-electron chi connectivity index (χ0n) is 19.2. The van der Waals surface area contributed by atoms with Gasteiger partial charge in [-0.3, -0.25) is 4.79 Å². The fourth-order valence-corrected chi connectivity index (χ4v) is 4.79. The normalized spacial score (nSPS) is 15.5.